The van der Waals surface area contributed by atoms with Crippen LogP contribution in [0.3, 0.4) is 0 Å². The van der Waals surface area contributed by atoms with Crippen molar-refractivity contribution in [2.45, 2.75) is 45.7 Å². The van der Waals surface area contributed by atoms with Gasteiger partial charge < -0.3 is 9.88 Å². The first-order valence-corrected chi connectivity index (χ1v) is 5.45. The third-order valence-electron chi connectivity index (χ3n) is 3.09. The highest BCUT2D eigenvalue weighted by Crippen LogP contribution is 2.28. The van der Waals surface area contributed by atoms with Gasteiger partial charge in [-0.05, 0) is 40.2 Å². The topological polar surface area (TPSA) is 29.9 Å². The molecule has 0 radical (unpaired) electrons. The third kappa shape index (κ3) is 1.46. The van der Waals surface area contributed by atoms with Gasteiger partial charge in [0.15, 0.2) is 0 Å². The molecular formula is C11H19N3. The molecule has 1 aromatic heterocycles. The lowest BCUT2D eigenvalue weighted by Gasteiger charge is -2.23. The van der Waals surface area contributed by atoms with E-state index in [-0.39, 0.29) is 0 Å². The second-order valence-corrected chi connectivity index (χ2v) is 4.19. The van der Waals surface area contributed by atoms with Crippen LogP contribution < -0.4 is 5.32 Å². The fraction of sp³-hybridized carbons (Fsp3) is 0.727. The number of imidazole rings is 1. The lowest BCUT2D eigenvalue weighted by molar-refractivity contribution is 0.422. The minimum Gasteiger partial charge on any atom is -0.329 e. The number of nitrogens with one attached hydrogen (secondary N) is 1. The normalized spacial score (nSPS) is 20.9. The second kappa shape index (κ2) is 3.73. The van der Waals surface area contributed by atoms with Crippen LogP contribution in [0.15, 0.2) is 0 Å². The monoisotopic (exact) mass is 193 g/mol. The summed E-state index contributed by atoms with van der Waals surface area (Å²) in [7, 11) is 1.98. The number of aromatic nitrogens is 2. The van der Waals surface area contributed by atoms with Crippen LogP contribution in [0.1, 0.15) is 43.0 Å². The van der Waals surface area contributed by atoms with E-state index >= 15 is 0 Å². The van der Waals surface area contributed by atoms with Gasteiger partial charge in [0, 0.05) is 18.3 Å². The molecule has 3 nitrogen and oxygen atoms in total. The van der Waals surface area contributed by atoms with Gasteiger partial charge in [0.1, 0.15) is 5.82 Å². The number of hydrogen-bond donors (Lipinski definition) is 1. The maximum Gasteiger partial charge on any atom is 0.106 e. The molecule has 0 fully saturated rings. The molecule has 0 spiro atoms. The van der Waals surface area contributed by atoms with Crippen molar-refractivity contribution in [2.24, 2.45) is 0 Å². The van der Waals surface area contributed by atoms with E-state index in [0.29, 0.717) is 6.04 Å². The molecule has 1 aliphatic heterocycles. The highest BCUT2D eigenvalue weighted by molar-refractivity contribution is 5.19. The molecule has 0 aliphatic carbocycles. The lowest BCUT2D eigenvalue weighted by Crippen LogP contribution is -2.17. The van der Waals surface area contributed by atoms with E-state index in [1.165, 1.54) is 36.5 Å². The summed E-state index contributed by atoms with van der Waals surface area (Å²) in [5, 5.41) is 3.19. The van der Waals surface area contributed by atoms with Crippen molar-refractivity contribution in [3.63, 3.8) is 0 Å². The van der Waals surface area contributed by atoms with Gasteiger partial charge in [-0.2, -0.15) is 0 Å². The minimum absolute atomic E-state index is 0.636. The minimum atomic E-state index is 0.636. The fourth-order valence-corrected chi connectivity index (χ4v) is 2.50. The van der Waals surface area contributed by atoms with Crippen LogP contribution in [-0.4, -0.2) is 16.6 Å². The Morgan fingerprint density at radius 2 is 2.36 bits per heavy atom. The average molecular weight is 193 g/mol. The van der Waals surface area contributed by atoms with Gasteiger partial charge in [0.25, 0.3) is 0 Å². The Morgan fingerprint density at radius 1 is 1.57 bits per heavy atom. The predicted octanol–water partition coefficient (Wildman–Crippen LogP) is 1.81. The first-order valence-electron chi connectivity index (χ1n) is 5.45. The summed E-state index contributed by atoms with van der Waals surface area (Å²) in [6.45, 7) is 5.31. The number of hydrogen-bond acceptors (Lipinski definition) is 2. The molecule has 1 atom stereocenters. The van der Waals surface area contributed by atoms with E-state index < -0.39 is 0 Å². The largest absolute Gasteiger partial charge is 0.329 e. The number of aryl methyl sites for hydroxylation is 1. The van der Waals surface area contributed by atoms with Crippen LogP contribution in [0.5, 0.6) is 0 Å². The average Bonchev–Trinajstić information content (AvgIpc) is 2.46. The molecule has 1 aromatic rings. The van der Waals surface area contributed by atoms with Gasteiger partial charge in [0.2, 0.25) is 0 Å². The molecule has 0 saturated heterocycles. The molecule has 2 heterocycles. The Kier molecular flexibility index (Phi) is 2.59. The molecular weight excluding hydrogens is 174 g/mol. The maximum atomic E-state index is 4.63. The molecule has 0 saturated carbocycles. The molecule has 0 aromatic carbocycles. The Bertz CT molecular complexity index is 328. The van der Waals surface area contributed by atoms with E-state index in [1.807, 2.05) is 7.05 Å². The Balaban J connectivity index is 2.41. The molecule has 78 valence electrons. The molecule has 0 bridgehead atoms. The van der Waals surface area contributed by atoms with Crippen LogP contribution in [0.2, 0.25) is 0 Å². The number of nitrogens with zero attached hydrogens (tertiary/aromatic N) is 2. The van der Waals surface area contributed by atoms with E-state index in [2.05, 4.69) is 28.7 Å². The van der Waals surface area contributed by atoms with E-state index in [4.69, 9.17) is 0 Å². The van der Waals surface area contributed by atoms with Crippen molar-refractivity contribution >= 4 is 0 Å². The summed E-state index contributed by atoms with van der Waals surface area (Å²) in [4.78, 5) is 4.63. The van der Waals surface area contributed by atoms with E-state index in [1.54, 1.807) is 0 Å². The first kappa shape index (κ1) is 9.71. The number of fused-ring (bicyclic) bond motifs is 1. The molecule has 3 heteroatoms. The summed E-state index contributed by atoms with van der Waals surface area (Å²) < 4.78 is 2.41. The van der Waals surface area contributed by atoms with Crippen molar-refractivity contribution in [3.8, 4) is 0 Å². The molecule has 2 rings (SSSR count). The zero-order valence-electron chi connectivity index (χ0n) is 9.30. The van der Waals surface area contributed by atoms with Gasteiger partial charge in [-0.3, -0.25) is 0 Å². The van der Waals surface area contributed by atoms with Gasteiger partial charge in [-0.1, -0.05) is 0 Å². The molecule has 1 N–H and O–H groups in total. The Labute approximate surface area is 85.5 Å². The van der Waals surface area contributed by atoms with Crippen LogP contribution >= 0.6 is 0 Å². The van der Waals surface area contributed by atoms with E-state index in [9.17, 15) is 0 Å². The van der Waals surface area contributed by atoms with Gasteiger partial charge in [-0.25, -0.2) is 4.98 Å². The Hall–Kier alpha value is -0.830. The van der Waals surface area contributed by atoms with Crippen molar-refractivity contribution in [3.05, 3.63) is 17.2 Å². The smallest absolute Gasteiger partial charge is 0.106 e. The predicted molar refractivity (Wildman–Crippen MR) is 57.4 cm³/mol. The number of rotatable bonds is 2. The van der Waals surface area contributed by atoms with Crippen LogP contribution in [0, 0.1) is 6.92 Å². The summed E-state index contributed by atoms with van der Waals surface area (Å²) in [6, 6.07) is 0.636. The molecule has 0 amide bonds. The second-order valence-electron chi connectivity index (χ2n) is 4.19. The molecule has 1 aliphatic rings. The summed E-state index contributed by atoms with van der Waals surface area (Å²) >= 11 is 0. The summed E-state index contributed by atoms with van der Waals surface area (Å²) in [5.41, 5.74) is 2.70. The van der Waals surface area contributed by atoms with Crippen molar-refractivity contribution < 1.29 is 0 Å². The maximum absolute atomic E-state index is 4.63. The van der Waals surface area contributed by atoms with E-state index in [0.717, 1.165) is 6.54 Å². The van der Waals surface area contributed by atoms with Gasteiger partial charge in [-0.15, -0.1) is 0 Å². The summed E-state index contributed by atoms with van der Waals surface area (Å²) in [5.74, 6) is 1.18. The van der Waals surface area contributed by atoms with Crippen molar-refractivity contribution in [1.82, 2.24) is 14.9 Å². The molecule has 14 heavy (non-hydrogen) atoms. The van der Waals surface area contributed by atoms with Crippen LogP contribution in [0.25, 0.3) is 0 Å². The fourth-order valence-electron chi connectivity index (χ4n) is 2.50. The quantitative estimate of drug-likeness (QED) is 0.776. The highest BCUT2D eigenvalue weighted by Gasteiger charge is 2.21. The zero-order valence-corrected chi connectivity index (χ0v) is 9.30. The van der Waals surface area contributed by atoms with Crippen LogP contribution in [-0.2, 0) is 13.0 Å². The van der Waals surface area contributed by atoms with Gasteiger partial charge >= 0.3 is 0 Å². The standard InChI is InChI=1S/C11H19N3/c1-8-5-4-6-11-10(7-12-3)13-9(2)14(8)11/h8,12H,4-7H2,1-3H3. The van der Waals surface area contributed by atoms with Crippen molar-refractivity contribution in [1.29, 1.82) is 0 Å². The molecule has 1 unspecified atom stereocenters. The van der Waals surface area contributed by atoms with Crippen molar-refractivity contribution in [2.75, 3.05) is 7.05 Å². The zero-order chi connectivity index (χ0) is 10.1. The lowest BCUT2D eigenvalue weighted by atomic mass is 10.0. The Morgan fingerprint density at radius 3 is 3.07 bits per heavy atom. The highest BCUT2D eigenvalue weighted by atomic mass is 15.1. The van der Waals surface area contributed by atoms with Crippen LogP contribution in [0.4, 0.5) is 0 Å². The van der Waals surface area contributed by atoms with Gasteiger partial charge in [0.05, 0.1) is 5.69 Å². The summed E-state index contributed by atoms with van der Waals surface area (Å²) in [6.07, 6.45) is 3.80. The third-order valence-corrected chi connectivity index (χ3v) is 3.09. The SMILES string of the molecule is CNCc1nc(C)n2c1CCCC2C. The first-order chi connectivity index (χ1) is 6.74.